The Morgan fingerprint density at radius 2 is 1.19 bits per heavy atom. The van der Waals surface area contributed by atoms with Gasteiger partial charge in [-0.3, -0.25) is 4.79 Å². The van der Waals surface area contributed by atoms with Gasteiger partial charge in [-0.25, -0.2) is 0 Å². The van der Waals surface area contributed by atoms with Gasteiger partial charge in [-0.1, -0.05) is 78.9 Å². The first-order valence-electron chi connectivity index (χ1n) is 10.6. The average molecular weight is 421 g/mol. The van der Waals surface area contributed by atoms with Gasteiger partial charge >= 0.3 is 0 Å². The summed E-state index contributed by atoms with van der Waals surface area (Å²) >= 11 is 0. The Balaban J connectivity index is 1.64. The quantitative estimate of drug-likeness (QED) is 0.345. The molecule has 0 saturated heterocycles. The molecule has 0 unspecified atom stereocenters. The third-order valence-corrected chi connectivity index (χ3v) is 5.63. The number of hydrogen-bond acceptors (Lipinski definition) is 3. The molecule has 0 bridgehead atoms. The molecule has 4 aromatic carbocycles. The summed E-state index contributed by atoms with van der Waals surface area (Å²) in [6, 6.07) is 31.4. The first-order chi connectivity index (χ1) is 15.7. The van der Waals surface area contributed by atoms with E-state index in [-0.39, 0.29) is 5.43 Å². The molecule has 0 aliphatic carbocycles. The second kappa shape index (κ2) is 8.60. The predicted octanol–water partition coefficient (Wildman–Crippen LogP) is 5.85. The molecule has 5 aromatic rings. The Morgan fingerprint density at radius 3 is 1.81 bits per heavy atom. The van der Waals surface area contributed by atoms with E-state index in [1.54, 1.807) is 6.07 Å². The van der Waals surface area contributed by atoms with Crippen LogP contribution in [0, 0.1) is 0 Å². The minimum atomic E-state index is -0.101. The monoisotopic (exact) mass is 421 g/mol. The van der Waals surface area contributed by atoms with E-state index in [1.807, 2.05) is 103 Å². The Labute approximate surface area is 186 Å². The van der Waals surface area contributed by atoms with Crippen molar-refractivity contribution >= 4 is 21.8 Å². The van der Waals surface area contributed by atoms with Crippen LogP contribution in [0.2, 0.25) is 0 Å². The number of para-hydroxylation sites is 1. The highest BCUT2D eigenvalue weighted by Crippen LogP contribution is 2.33. The molecule has 0 aliphatic rings. The Bertz CT molecular complexity index is 1440. The van der Waals surface area contributed by atoms with Gasteiger partial charge in [-0.2, -0.15) is 0 Å². The summed E-state index contributed by atoms with van der Waals surface area (Å²) in [5.41, 5.74) is 3.60. The van der Waals surface area contributed by atoms with Gasteiger partial charge in [0, 0.05) is 29.4 Å². The highest BCUT2D eigenvalue weighted by molar-refractivity contribution is 6.08. The van der Waals surface area contributed by atoms with Crippen molar-refractivity contribution in [3.05, 3.63) is 118 Å². The van der Waals surface area contributed by atoms with Crippen LogP contribution in [0.25, 0.3) is 21.8 Å². The Hall–Kier alpha value is -4.05. The lowest BCUT2D eigenvalue weighted by atomic mass is 10.2. The normalized spacial score (nSPS) is 11.0. The molecule has 32 heavy (non-hydrogen) atoms. The van der Waals surface area contributed by atoms with Crippen molar-refractivity contribution in [3.8, 4) is 11.5 Å². The summed E-state index contributed by atoms with van der Waals surface area (Å²) in [4.78, 5) is 13.3. The van der Waals surface area contributed by atoms with Gasteiger partial charge in [-0.05, 0) is 23.3 Å². The summed E-state index contributed by atoms with van der Waals surface area (Å²) in [6.07, 6.45) is 0. The molecular formula is C28H23NO3. The van der Waals surface area contributed by atoms with Gasteiger partial charge in [0.2, 0.25) is 5.43 Å². The number of nitrogens with zero attached hydrogens (tertiary/aromatic N) is 1. The maximum Gasteiger partial charge on any atom is 0.206 e. The van der Waals surface area contributed by atoms with E-state index in [1.165, 1.54) is 0 Å². The van der Waals surface area contributed by atoms with Crippen molar-refractivity contribution in [2.75, 3.05) is 0 Å². The third kappa shape index (κ3) is 3.83. The van der Waals surface area contributed by atoms with Crippen molar-refractivity contribution in [3.63, 3.8) is 0 Å². The van der Waals surface area contributed by atoms with Gasteiger partial charge in [0.05, 0.1) is 5.52 Å². The van der Waals surface area contributed by atoms with Crippen LogP contribution in [0.1, 0.15) is 11.1 Å². The largest absolute Gasteiger partial charge is 0.485 e. The van der Waals surface area contributed by atoms with Gasteiger partial charge in [-0.15, -0.1) is 0 Å². The summed E-state index contributed by atoms with van der Waals surface area (Å²) in [5.74, 6) is 0.989. The van der Waals surface area contributed by atoms with Gasteiger partial charge in [0.15, 0.2) is 11.5 Å². The fraction of sp³-hybridized carbons (Fsp3) is 0.107. The van der Waals surface area contributed by atoms with Crippen molar-refractivity contribution in [1.82, 2.24) is 4.57 Å². The second-order valence-corrected chi connectivity index (χ2v) is 7.77. The second-order valence-electron chi connectivity index (χ2n) is 7.77. The topological polar surface area (TPSA) is 40.5 Å². The van der Waals surface area contributed by atoms with E-state index in [9.17, 15) is 4.79 Å². The van der Waals surface area contributed by atoms with Gasteiger partial charge in [0.1, 0.15) is 13.2 Å². The summed E-state index contributed by atoms with van der Waals surface area (Å²) in [6.45, 7) is 0.732. The summed E-state index contributed by atoms with van der Waals surface area (Å²) in [7, 11) is 1.92. The maximum atomic E-state index is 13.3. The highest BCUT2D eigenvalue weighted by atomic mass is 16.5. The van der Waals surface area contributed by atoms with E-state index >= 15 is 0 Å². The molecule has 4 heteroatoms. The lowest BCUT2D eigenvalue weighted by molar-refractivity contribution is 0.256. The van der Waals surface area contributed by atoms with E-state index in [0.717, 1.165) is 27.4 Å². The van der Waals surface area contributed by atoms with Gasteiger partial charge < -0.3 is 14.0 Å². The van der Waals surface area contributed by atoms with Crippen LogP contribution < -0.4 is 14.9 Å². The SMILES string of the molecule is Cn1c2ccccc2c2cc(OCc3ccccc3)c(OCc3ccccc3)cc(=O)c21. The molecule has 5 rings (SSSR count). The molecule has 0 atom stereocenters. The number of rotatable bonds is 6. The van der Waals surface area contributed by atoms with E-state index < -0.39 is 0 Å². The van der Waals surface area contributed by atoms with Crippen LogP contribution in [0.5, 0.6) is 11.5 Å². The molecular weight excluding hydrogens is 398 g/mol. The van der Waals surface area contributed by atoms with Crippen LogP contribution in [0.3, 0.4) is 0 Å². The fourth-order valence-electron chi connectivity index (χ4n) is 4.02. The molecule has 0 aliphatic heterocycles. The molecule has 0 spiro atoms. The van der Waals surface area contributed by atoms with Crippen LogP contribution in [0.15, 0.2) is 102 Å². The van der Waals surface area contributed by atoms with E-state index in [0.29, 0.717) is 30.2 Å². The summed E-state index contributed by atoms with van der Waals surface area (Å²) in [5, 5.41) is 1.86. The van der Waals surface area contributed by atoms with Crippen LogP contribution >= 0.6 is 0 Å². The number of fused-ring (bicyclic) bond motifs is 3. The minimum absolute atomic E-state index is 0.101. The van der Waals surface area contributed by atoms with E-state index in [4.69, 9.17) is 9.47 Å². The average Bonchev–Trinajstić information content (AvgIpc) is 3.03. The molecule has 1 aromatic heterocycles. The molecule has 4 nitrogen and oxygen atoms in total. The zero-order valence-corrected chi connectivity index (χ0v) is 17.8. The molecule has 0 amide bonds. The van der Waals surface area contributed by atoms with Crippen LogP contribution in [-0.4, -0.2) is 4.57 Å². The molecule has 0 fully saturated rings. The number of hydrogen-bond donors (Lipinski definition) is 0. The third-order valence-electron chi connectivity index (χ3n) is 5.63. The zero-order valence-electron chi connectivity index (χ0n) is 17.8. The molecule has 0 radical (unpaired) electrons. The highest BCUT2D eigenvalue weighted by Gasteiger charge is 2.15. The molecule has 1 heterocycles. The van der Waals surface area contributed by atoms with Gasteiger partial charge in [0.25, 0.3) is 0 Å². The molecule has 0 N–H and O–H groups in total. The first-order valence-corrected chi connectivity index (χ1v) is 10.6. The number of aromatic nitrogens is 1. The fourth-order valence-corrected chi connectivity index (χ4v) is 4.02. The van der Waals surface area contributed by atoms with Crippen molar-refractivity contribution in [2.45, 2.75) is 13.2 Å². The molecule has 158 valence electrons. The number of aryl methyl sites for hydroxylation is 1. The van der Waals surface area contributed by atoms with Crippen LogP contribution in [-0.2, 0) is 20.3 Å². The van der Waals surface area contributed by atoms with Crippen molar-refractivity contribution in [1.29, 1.82) is 0 Å². The number of benzene rings is 3. The Kier molecular flexibility index (Phi) is 5.34. The smallest absolute Gasteiger partial charge is 0.206 e. The van der Waals surface area contributed by atoms with E-state index in [2.05, 4.69) is 0 Å². The van der Waals surface area contributed by atoms with Crippen molar-refractivity contribution in [2.24, 2.45) is 7.05 Å². The van der Waals surface area contributed by atoms with Crippen molar-refractivity contribution < 1.29 is 9.47 Å². The summed E-state index contributed by atoms with van der Waals surface area (Å²) < 4.78 is 14.3. The number of ether oxygens (including phenoxy) is 2. The lowest BCUT2D eigenvalue weighted by Crippen LogP contribution is -2.04. The minimum Gasteiger partial charge on any atom is -0.485 e. The maximum absolute atomic E-state index is 13.3. The predicted molar refractivity (Wildman–Crippen MR) is 128 cm³/mol. The lowest BCUT2D eigenvalue weighted by Gasteiger charge is -2.11. The standard InChI is InChI=1S/C28H23NO3/c1-29-24-15-9-8-14-22(24)23-16-26(31-18-20-10-4-2-5-11-20)27(17-25(30)28(23)29)32-19-21-12-6-3-7-13-21/h2-17H,18-19H2,1H3. The molecule has 0 saturated carbocycles. The Morgan fingerprint density at radius 1 is 0.656 bits per heavy atom. The van der Waals surface area contributed by atoms with Crippen LogP contribution in [0.4, 0.5) is 0 Å². The first kappa shape index (κ1) is 19.9. The zero-order chi connectivity index (χ0) is 21.9.